The molecule has 0 aliphatic carbocycles. The van der Waals surface area contributed by atoms with E-state index in [4.69, 9.17) is 16.3 Å². The number of alkyl halides is 3. The topological polar surface area (TPSA) is 60.3 Å². The number of pyridine rings is 1. The number of rotatable bonds is 6. The zero-order valence-corrected chi connectivity index (χ0v) is 13.6. The van der Waals surface area contributed by atoms with Crippen LogP contribution in [0, 0.1) is 0 Å². The van der Waals surface area contributed by atoms with Crippen molar-refractivity contribution in [2.45, 2.75) is 12.7 Å². The summed E-state index contributed by atoms with van der Waals surface area (Å²) in [5.41, 5.74) is -1.97. The molecular weight excluding hydrogens is 361 g/mol. The van der Waals surface area contributed by atoms with Crippen LogP contribution in [-0.2, 0) is 17.5 Å². The lowest BCUT2D eigenvalue weighted by molar-refractivity contribution is -0.138. The number of halogens is 4. The summed E-state index contributed by atoms with van der Waals surface area (Å²) in [6.07, 6.45) is -4.10. The van der Waals surface area contributed by atoms with Gasteiger partial charge in [-0.1, -0.05) is 29.8 Å². The van der Waals surface area contributed by atoms with Crippen LogP contribution in [0.25, 0.3) is 0 Å². The molecule has 9 heteroatoms. The number of aromatic nitrogens is 1. The second kappa shape index (κ2) is 8.06. The minimum atomic E-state index is -4.67. The third-order valence-electron chi connectivity index (χ3n) is 3.12. The summed E-state index contributed by atoms with van der Waals surface area (Å²) in [5, 5.41) is 1.86. The van der Waals surface area contributed by atoms with E-state index in [0.717, 1.165) is 0 Å². The molecule has 0 aliphatic rings. The predicted octanol–water partition coefficient (Wildman–Crippen LogP) is 2.72. The van der Waals surface area contributed by atoms with Crippen molar-refractivity contribution in [3.63, 3.8) is 0 Å². The Morgan fingerprint density at radius 1 is 1.24 bits per heavy atom. The zero-order valence-electron chi connectivity index (χ0n) is 12.8. The summed E-state index contributed by atoms with van der Waals surface area (Å²) in [4.78, 5) is 23.6. The molecule has 134 valence electrons. The molecule has 1 aromatic heterocycles. The number of nitrogens with one attached hydrogen (secondary N) is 1. The van der Waals surface area contributed by atoms with Crippen LogP contribution in [0.15, 0.2) is 47.4 Å². The van der Waals surface area contributed by atoms with Gasteiger partial charge in [-0.2, -0.15) is 13.2 Å². The van der Waals surface area contributed by atoms with Gasteiger partial charge in [0.25, 0.3) is 5.56 Å². The number of hydrogen-bond acceptors (Lipinski definition) is 3. The minimum absolute atomic E-state index is 0.134. The van der Waals surface area contributed by atoms with Gasteiger partial charge in [0.15, 0.2) is 0 Å². The molecule has 2 rings (SSSR count). The van der Waals surface area contributed by atoms with Crippen LogP contribution in [-0.4, -0.2) is 23.6 Å². The molecule has 0 atom stereocenters. The lowest BCUT2D eigenvalue weighted by Gasteiger charge is -2.12. The van der Waals surface area contributed by atoms with Crippen molar-refractivity contribution in [2.24, 2.45) is 0 Å². The van der Waals surface area contributed by atoms with Gasteiger partial charge in [-0.15, -0.1) is 0 Å². The average Bonchev–Trinajstić information content (AvgIpc) is 2.55. The molecule has 0 unspecified atom stereocenters. The monoisotopic (exact) mass is 374 g/mol. The van der Waals surface area contributed by atoms with Gasteiger partial charge in [0.1, 0.15) is 23.9 Å². The summed E-state index contributed by atoms with van der Waals surface area (Å²) in [5.74, 6) is -0.00761. The molecule has 0 spiro atoms. The Labute approximate surface area is 146 Å². The first-order valence-corrected chi connectivity index (χ1v) is 7.57. The van der Waals surface area contributed by atoms with Crippen LogP contribution in [0.3, 0.4) is 0 Å². The van der Waals surface area contributed by atoms with E-state index in [2.05, 4.69) is 5.32 Å². The molecule has 0 saturated carbocycles. The number of ether oxygens (including phenoxy) is 1. The smallest absolute Gasteiger partial charge is 0.417 e. The molecule has 0 saturated heterocycles. The summed E-state index contributed by atoms with van der Waals surface area (Å²) in [7, 11) is 0. The van der Waals surface area contributed by atoms with Crippen molar-refractivity contribution < 1.29 is 22.7 Å². The molecule has 1 N–H and O–H groups in total. The van der Waals surface area contributed by atoms with Crippen molar-refractivity contribution in [3.8, 4) is 5.75 Å². The molecule has 0 bridgehead atoms. The minimum Gasteiger partial charge on any atom is -0.492 e. The molecule has 0 aliphatic heterocycles. The number of benzene rings is 1. The average molecular weight is 375 g/mol. The Kier molecular flexibility index (Phi) is 6.08. The van der Waals surface area contributed by atoms with Crippen LogP contribution in [0.1, 0.15) is 5.56 Å². The van der Waals surface area contributed by atoms with Crippen molar-refractivity contribution in [3.05, 3.63) is 63.5 Å². The fraction of sp³-hybridized carbons (Fsp3) is 0.250. The molecule has 1 amide bonds. The first kappa shape index (κ1) is 18.9. The number of para-hydroxylation sites is 1. The highest BCUT2D eigenvalue weighted by Crippen LogP contribution is 2.29. The fourth-order valence-corrected chi connectivity index (χ4v) is 2.18. The highest BCUT2D eigenvalue weighted by molar-refractivity contribution is 6.30. The Morgan fingerprint density at radius 3 is 2.56 bits per heavy atom. The number of carbonyl (C=O) groups is 1. The molecule has 1 aromatic carbocycles. The van der Waals surface area contributed by atoms with Crippen LogP contribution in [0.2, 0.25) is 5.02 Å². The van der Waals surface area contributed by atoms with Crippen LogP contribution < -0.4 is 15.6 Å². The van der Waals surface area contributed by atoms with Crippen molar-refractivity contribution in [2.75, 3.05) is 13.2 Å². The molecule has 25 heavy (non-hydrogen) atoms. The van der Waals surface area contributed by atoms with Crippen molar-refractivity contribution in [1.82, 2.24) is 9.88 Å². The lowest BCUT2D eigenvalue weighted by atomic mass is 10.2. The summed E-state index contributed by atoms with van der Waals surface area (Å²) in [6.45, 7) is -0.267. The van der Waals surface area contributed by atoms with Crippen molar-refractivity contribution >= 4 is 17.5 Å². The second-order valence-corrected chi connectivity index (χ2v) is 5.43. The summed E-state index contributed by atoms with van der Waals surface area (Å²) < 4.78 is 44.2. The first-order chi connectivity index (χ1) is 11.8. The Hall–Kier alpha value is -2.48. The molecule has 0 fully saturated rings. The van der Waals surface area contributed by atoms with Gasteiger partial charge in [0, 0.05) is 6.20 Å². The maximum atomic E-state index is 12.7. The van der Waals surface area contributed by atoms with Crippen molar-refractivity contribution in [1.29, 1.82) is 0 Å². The number of carbonyl (C=O) groups excluding carboxylic acids is 1. The van der Waals surface area contributed by atoms with Crippen LogP contribution >= 0.6 is 11.6 Å². The van der Waals surface area contributed by atoms with E-state index in [-0.39, 0.29) is 13.2 Å². The first-order valence-electron chi connectivity index (χ1n) is 7.19. The second-order valence-electron chi connectivity index (χ2n) is 5.02. The molecule has 5 nitrogen and oxygen atoms in total. The highest BCUT2D eigenvalue weighted by atomic mass is 35.5. The van der Waals surface area contributed by atoms with Gasteiger partial charge >= 0.3 is 6.18 Å². The maximum absolute atomic E-state index is 12.7. The van der Waals surface area contributed by atoms with E-state index in [0.29, 0.717) is 22.6 Å². The standard InChI is InChI=1S/C16H14ClF3N2O3/c17-13-8-11(16(18,19)20)9-22(15(13)24)10-14(23)21-6-7-25-12-4-2-1-3-5-12/h1-5,8-9H,6-7,10H2,(H,21,23). The van der Waals surface area contributed by atoms with Gasteiger partial charge in [-0.3, -0.25) is 9.59 Å². The molecule has 2 aromatic rings. The SMILES string of the molecule is O=C(Cn1cc(C(F)(F)F)cc(Cl)c1=O)NCCOc1ccccc1. The van der Waals surface area contributed by atoms with E-state index in [1.807, 2.05) is 6.07 Å². The largest absolute Gasteiger partial charge is 0.492 e. The predicted molar refractivity (Wildman–Crippen MR) is 85.7 cm³/mol. The van der Waals surface area contributed by atoms with E-state index < -0.39 is 34.8 Å². The van der Waals surface area contributed by atoms with Gasteiger partial charge in [0.05, 0.1) is 12.1 Å². The molecule has 0 radical (unpaired) electrons. The van der Waals surface area contributed by atoms with Crippen LogP contribution in [0.4, 0.5) is 13.2 Å². The fourth-order valence-electron chi connectivity index (χ4n) is 1.96. The Balaban J connectivity index is 1.92. The van der Waals surface area contributed by atoms with Gasteiger partial charge in [-0.25, -0.2) is 0 Å². The molecule has 1 heterocycles. The summed E-state index contributed by atoms with van der Waals surface area (Å²) in [6, 6.07) is 9.42. The number of nitrogens with zero attached hydrogens (tertiary/aromatic N) is 1. The van der Waals surface area contributed by atoms with E-state index in [9.17, 15) is 22.8 Å². The Bertz CT molecular complexity index is 791. The van der Waals surface area contributed by atoms with E-state index >= 15 is 0 Å². The zero-order chi connectivity index (χ0) is 18.4. The number of hydrogen-bond donors (Lipinski definition) is 1. The van der Waals surface area contributed by atoms with Gasteiger partial charge in [-0.05, 0) is 18.2 Å². The maximum Gasteiger partial charge on any atom is 0.417 e. The molecular formula is C16H14ClF3N2O3. The number of amides is 1. The van der Waals surface area contributed by atoms with Gasteiger partial charge < -0.3 is 14.6 Å². The summed E-state index contributed by atoms with van der Waals surface area (Å²) >= 11 is 5.52. The quantitative estimate of drug-likeness (QED) is 0.791. The normalized spacial score (nSPS) is 11.2. The highest BCUT2D eigenvalue weighted by Gasteiger charge is 2.32. The van der Waals surface area contributed by atoms with Crippen LogP contribution in [0.5, 0.6) is 5.75 Å². The van der Waals surface area contributed by atoms with Gasteiger partial charge in [0.2, 0.25) is 5.91 Å². The van der Waals surface area contributed by atoms with E-state index in [1.54, 1.807) is 24.3 Å². The van der Waals surface area contributed by atoms with E-state index in [1.165, 1.54) is 0 Å². The lowest BCUT2D eigenvalue weighted by Crippen LogP contribution is -2.35. The third kappa shape index (κ3) is 5.53. The third-order valence-corrected chi connectivity index (χ3v) is 3.39. The Morgan fingerprint density at radius 2 is 1.92 bits per heavy atom.